The summed E-state index contributed by atoms with van der Waals surface area (Å²) in [6.45, 7) is 3.24. The van der Waals surface area contributed by atoms with Crippen LogP contribution in [-0.4, -0.2) is 64.6 Å². The molecule has 0 fully saturated rings. The number of carboxylic acid groups (broad SMARTS) is 1. The molecule has 0 spiro atoms. The number of carbonyl (C=O) groups excluding carboxylic acids is 1. The monoisotopic (exact) mass is 226 g/mol. The summed E-state index contributed by atoms with van der Waals surface area (Å²) in [6, 6.07) is -0.807. The molecule has 14 heavy (non-hydrogen) atoms. The molecule has 0 aromatic rings. The van der Waals surface area contributed by atoms with Gasteiger partial charge in [0.25, 0.3) is 0 Å². The van der Waals surface area contributed by atoms with Crippen molar-refractivity contribution in [3.63, 3.8) is 0 Å². The summed E-state index contributed by atoms with van der Waals surface area (Å²) in [4.78, 5) is 21.4. The summed E-state index contributed by atoms with van der Waals surface area (Å²) in [6.07, 6.45) is 3.37. The molecule has 0 bridgehead atoms. The second kappa shape index (κ2) is 9.58. The predicted molar refractivity (Wildman–Crippen MR) is 58.5 cm³/mol. The van der Waals surface area contributed by atoms with E-state index in [1.807, 2.05) is 6.26 Å². The van der Waals surface area contributed by atoms with E-state index in [0.29, 0.717) is 12.2 Å². The Kier molecular flexibility index (Phi) is 11.3. The van der Waals surface area contributed by atoms with Crippen molar-refractivity contribution in [2.24, 2.45) is 0 Å². The van der Waals surface area contributed by atoms with Crippen LogP contribution < -0.4 is 5.32 Å². The Labute approximate surface area is 110 Å². The molecule has 1 atom stereocenters. The van der Waals surface area contributed by atoms with Crippen molar-refractivity contribution in [3.8, 4) is 0 Å². The van der Waals surface area contributed by atoms with Crippen LogP contribution in [0.1, 0.15) is 6.42 Å². The molecule has 1 radical (unpaired) electrons. The van der Waals surface area contributed by atoms with Crippen LogP contribution in [0, 0.1) is 0 Å². The van der Waals surface area contributed by atoms with Gasteiger partial charge in [-0.25, -0.2) is 4.79 Å². The van der Waals surface area contributed by atoms with E-state index in [2.05, 4.69) is 11.9 Å². The van der Waals surface area contributed by atoms with E-state index >= 15 is 0 Å². The number of carbonyl (C=O) groups is 2. The van der Waals surface area contributed by atoms with Gasteiger partial charge in [-0.15, -0.1) is 0 Å². The molecule has 0 unspecified atom stereocenters. The van der Waals surface area contributed by atoms with Crippen LogP contribution in [0.2, 0.25) is 0 Å². The molecular weight excluding hydrogens is 213 g/mol. The first kappa shape index (κ1) is 16.5. The van der Waals surface area contributed by atoms with Gasteiger partial charge in [0.15, 0.2) is 0 Å². The second-order valence-electron chi connectivity index (χ2n) is 2.39. The molecule has 75 valence electrons. The predicted octanol–water partition coefficient (Wildman–Crippen LogP) is 0.114. The molecule has 0 aromatic carbocycles. The van der Waals surface area contributed by atoms with Crippen LogP contribution in [0.5, 0.6) is 0 Å². The maximum Gasteiger partial charge on any atom is 0.326 e. The molecule has 0 aliphatic rings. The molecule has 6 heteroatoms. The molecule has 0 saturated carbocycles. The van der Waals surface area contributed by atoms with Crippen molar-refractivity contribution in [1.82, 2.24) is 5.32 Å². The van der Waals surface area contributed by atoms with Crippen molar-refractivity contribution in [3.05, 3.63) is 12.7 Å². The van der Waals surface area contributed by atoms with Gasteiger partial charge in [0.1, 0.15) is 6.04 Å². The minimum atomic E-state index is -1.01. The largest absolute Gasteiger partial charge is 0.480 e. The Morgan fingerprint density at radius 2 is 2.21 bits per heavy atom. The SMILES string of the molecule is C=CC(=O)N[C@@H](CCSC)C(=O)O.[Na]. The van der Waals surface area contributed by atoms with Gasteiger partial charge in [-0.2, -0.15) is 11.8 Å². The first-order valence-electron chi connectivity index (χ1n) is 3.76. The smallest absolute Gasteiger partial charge is 0.326 e. The number of hydrogen-bond acceptors (Lipinski definition) is 3. The zero-order valence-corrected chi connectivity index (χ0v) is 11.3. The normalized spacial score (nSPS) is 10.9. The zero-order valence-electron chi connectivity index (χ0n) is 8.45. The van der Waals surface area contributed by atoms with Crippen molar-refractivity contribution in [1.29, 1.82) is 0 Å². The Morgan fingerprint density at radius 1 is 1.64 bits per heavy atom. The molecule has 2 N–H and O–H groups in total. The molecule has 1 amide bonds. The topological polar surface area (TPSA) is 66.4 Å². The fourth-order valence-electron chi connectivity index (χ4n) is 0.724. The number of thioether (sulfide) groups is 1. The van der Waals surface area contributed by atoms with Gasteiger partial charge >= 0.3 is 5.97 Å². The van der Waals surface area contributed by atoms with Gasteiger partial charge in [-0.05, 0) is 24.5 Å². The van der Waals surface area contributed by atoms with Gasteiger partial charge in [0, 0.05) is 29.6 Å². The first-order chi connectivity index (χ1) is 6.11. The molecule has 0 aliphatic heterocycles. The summed E-state index contributed by atoms with van der Waals surface area (Å²) >= 11 is 1.54. The van der Waals surface area contributed by atoms with Crippen LogP contribution >= 0.6 is 11.8 Å². The summed E-state index contributed by atoms with van der Waals surface area (Å²) in [7, 11) is 0. The van der Waals surface area contributed by atoms with Crippen LogP contribution in [-0.2, 0) is 9.59 Å². The summed E-state index contributed by atoms with van der Waals surface area (Å²) < 4.78 is 0. The standard InChI is InChI=1S/C8H13NO3S.Na/c1-3-7(10)9-6(8(11)12)4-5-13-2;/h3,6H,1,4-5H2,2H3,(H,9,10)(H,11,12);/t6-;/m0./s1. The summed E-state index contributed by atoms with van der Waals surface area (Å²) in [5.41, 5.74) is 0. The number of carboxylic acids is 1. The number of nitrogens with one attached hydrogen (secondary N) is 1. The molecular formula is C8H13NNaO3S. The molecule has 0 rings (SSSR count). The van der Waals surface area contributed by atoms with Crippen LogP contribution in [0.15, 0.2) is 12.7 Å². The second-order valence-corrected chi connectivity index (χ2v) is 3.37. The summed E-state index contributed by atoms with van der Waals surface area (Å²) in [5, 5.41) is 11.0. The third-order valence-electron chi connectivity index (χ3n) is 1.41. The van der Waals surface area contributed by atoms with E-state index in [1.165, 1.54) is 0 Å². The maximum atomic E-state index is 10.8. The molecule has 0 aromatic heterocycles. The number of hydrogen-bond donors (Lipinski definition) is 2. The Bertz CT molecular complexity index is 211. The van der Waals surface area contributed by atoms with Crippen molar-refractivity contribution in [2.45, 2.75) is 12.5 Å². The zero-order chi connectivity index (χ0) is 10.3. The van der Waals surface area contributed by atoms with E-state index in [1.54, 1.807) is 11.8 Å². The Morgan fingerprint density at radius 3 is 2.57 bits per heavy atom. The maximum absolute atomic E-state index is 10.8. The molecule has 0 heterocycles. The van der Waals surface area contributed by atoms with E-state index in [9.17, 15) is 9.59 Å². The van der Waals surface area contributed by atoms with Crippen molar-refractivity contribution < 1.29 is 14.7 Å². The first-order valence-corrected chi connectivity index (χ1v) is 5.16. The van der Waals surface area contributed by atoms with Gasteiger partial charge < -0.3 is 10.4 Å². The van der Waals surface area contributed by atoms with Crippen molar-refractivity contribution >= 4 is 53.2 Å². The Balaban J connectivity index is 0. The minimum Gasteiger partial charge on any atom is -0.480 e. The van der Waals surface area contributed by atoms with E-state index in [4.69, 9.17) is 5.11 Å². The molecule has 0 aliphatic carbocycles. The van der Waals surface area contributed by atoms with Gasteiger partial charge in [-0.3, -0.25) is 4.79 Å². The van der Waals surface area contributed by atoms with Crippen molar-refractivity contribution in [2.75, 3.05) is 12.0 Å². The average Bonchev–Trinajstić information content (AvgIpc) is 2.11. The third kappa shape index (κ3) is 7.44. The summed E-state index contributed by atoms with van der Waals surface area (Å²) in [5.74, 6) is -0.758. The Hall–Kier alpha value is 0.0300. The van der Waals surface area contributed by atoms with E-state index in [-0.39, 0.29) is 29.6 Å². The van der Waals surface area contributed by atoms with Gasteiger partial charge in [0.2, 0.25) is 5.91 Å². The molecule has 4 nitrogen and oxygen atoms in total. The number of amides is 1. The molecule has 0 saturated heterocycles. The van der Waals surface area contributed by atoms with Gasteiger partial charge in [-0.1, -0.05) is 6.58 Å². The fraction of sp³-hybridized carbons (Fsp3) is 0.500. The third-order valence-corrected chi connectivity index (χ3v) is 2.05. The van der Waals surface area contributed by atoms with Crippen LogP contribution in [0.4, 0.5) is 0 Å². The van der Waals surface area contributed by atoms with E-state index in [0.717, 1.165) is 6.08 Å². The van der Waals surface area contributed by atoms with Crippen LogP contribution in [0.25, 0.3) is 0 Å². The van der Waals surface area contributed by atoms with Crippen LogP contribution in [0.3, 0.4) is 0 Å². The quantitative estimate of drug-likeness (QED) is 0.498. The minimum absolute atomic E-state index is 0. The average molecular weight is 226 g/mol. The number of aliphatic carboxylic acids is 1. The fourth-order valence-corrected chi connectivity index (χ4v) is 1.20. The number of rotatable bonds is 6. The van der Waals surface area contributed by atoms with Gasteiger partial charge in [0.05, 0.1) is 0 Å². The van der Waals surface area contributed by atoms with E-state index < -0.39 is 17.9 Å².